The molecule has 3 rings (SSSR count). The van der Waals surface area contributed by atoms with Gasteiger partial charge in [0.05, 0.1) is 5.92 Å². The van der Waals surface area contributed by atoms with E-state index in [-0.39, 0.29) is 11.5 Å². The number of carbonyl (C=O) groups is 1. The third kappa shape index (κ3) is 6.06. The minimum Gasteiger partial charge on any atom is -0.348 e. The highest BCUT2D eigenvalue weighted by Gasteiger charge is 2.39. The molecule has 6 heteroatoms. The molecule has 0 bridgehead atoms. The minimum absolute atomic E-state index is 0.217. The van der Waals surface area contributed by atoms with Crippen molar-refractivity contribution in [3.05, 3.63) is 106 Å². The Morgan fingerprint density at radius 3 is 2.38 bits per heavy atom. The monoisotopic (exact) mass is 438 g/mol. The largest absolute Gasteiger partial charge is 0.399 e. The van der Waals surface area contributed by atoms with E-state index >= 15 is 0 Å². The van der Waals surface area contributed by atoms with Gasteiger partial charge in [-0.3, -0.25) is 9.78 Å². The number of pyridine rings is 1. The Balaban J connectivity index is 1.77. The van der Waals surface area contributed by atoms with E-state index in [1.54, 1.807) is 69.6 Å². The highest BCUT2D eigenvalue weighted by atomic mass is 19.4. The lowest BCUT2D eigenvalue weighted by atomic mass is 9.93. The van der Waals surface area contributed by atoms with Gasteiger partial charge in [0.15, 0.2) is 0 Å². The lowest BCUT2D eigenvalue weighted by Crippen LogP contribution is -2.23. The lowest BCUT2D eigenvalue weighted by Gasteiger charge is -2.18. The Morgan fingerprint density at radius 1 is 1.06 bits per heavy atom. The van der Waals surface area contributed by atoms with Gasteiger partial charge in [0, 0.05) is 24.5 Å². The molecular formula is C26H25F3N2O. The third-order valence-corrected chi connectivity index (χ3v) is 5.11. The number of nitrogens with zero attached hydrogens (tertiary/aromatic N) is 1. The summed E-state index contributed by atoms with van der Waals surface area (Å²) < 4.78 is 41.2. The van der Waals surface area contributed by atoms with Crippen LogP contribution in [-0.4, -0.2) is 17.1 Å². The zero-order valence-electron chi connectivity index (χ0n) is 18.2. The van der Waals surface area contributed by atoms with Gasteiger partial charge in [-0.25, -0.2) is 0 Å². The van der Waals surface area contributed by atoms with Crippen molar-refractivity contribution in [1.29, 1.82) is 0 Å². The van der Waals surface area contributed by atoms with Crippen molar-refractivity contribution in [3.63, 3.8) is 0 Å². The molecule has 1 atom stereocenters. The molecule has 0 saturated carbocycles. The molecule has 0 radical (unpaired) electrons. The van der Waals surface area contributed by atoms with E-state index in [9.17, 15) is 18.0 Å². The maximum atomic E-state index is 13.7. The SMILES string of the molecule is Cc1cc(C)cc(C(/C=C/c2ccc(C(=O)NCc3cccnc3)c(C)c2)C(F)(F)F)c1. The number of alkyl halides is 3. The summed E-state index contributed by atoms with van der Waals surface area (Å²) in [5, 5.41) is 2.83. The van der Waals surface area contributed by atoms with Gasteiger partial charge in [-0.15, -0.1) is 0 Å². The fraction of sp³-hybridized carbons (Fsp3) is 0.231. The van der Waals surface area contributed by atoms with Crippen LogP contribution >= 0.6 is 0 Å². The number of aryl methyl sites for hydroxylation is 3. The average Bonchev–Trinajstić information content (AvgIpc) is 2.71. The Kier molecular flexibility index (Phi) is 7.13. The highest BCUT2D eigenvalue weighted by molar-refractivity contribution is 5.95. The van der Waals surface area contributed by atoms with Gasteiger partial charge in [0.25, 0.3) is 5.91 Å². The maximum Gasteiger partial charge on any atom is 0.399 e. The van der Waals surface area contributed by atoms with Gasteiger partial charge in [-0.1, -0.05) is 59.7 Å². The Morgan fingerprint density at radius 2 is 1.78 bits per heavy atom. The molecule has 166 valence electrons. The van der Waals surface area contributed by atoms with Crippen LogP contribution in [0.15, 0.2) is 67.0 Å². The first-order valence-electron chi connectivity index (χ1n) is 10.2. The zero-order chi connectivity index (χ0) is 23.3. The molecule has 1 N–H and O–H groups in total. The second-order valence-electron chi connectivity index (χ2n) is 7.92. The van der Waals surface area contributed by atoms with Crippen LogP contribution < -0.4 is 5.32 Å². The van der Waals surface area contributed by atoms with Crippen molar-refractivity contribution >= 4 is 12.0 Å². The van der Waals surface area contributed by atoms with Gasteiger partial charge in [-0.2, -0.15) is 13.2 Å². The van der Waals surface area contributed by atoms with Crippen LogP contribution in [-0.2, 0) is 6.54 Å². The number of hydrogen-bond acceptors (Lipinski definition) is 2. The fourth-order valence-electron chi connectivity index (χ4n) is 3.63. The van der Waals surface area contributed by atoms with Crippen LogP contribution in [0.2, 0.25) is 0 Å². The number of carbonyl (C=O) groups excluding carboxylic acids is 1. The molecular weight excluding hydrogens is 413 g/mol. The van der Waals surface area contributed by atoms with Gasteiger partial charge in [-0.05, 0) is 55.2 Å². The van der Waals surface area contributed by atoms with Crippen molar-refractivity contribution in [3.8, 4) is 0 Å². The van der Waals surface area contributed by atoms with Gasteiger partial charge in [0.2, 0.25) is 0 Å². The van der Waals surface area contributed by atoms with E-state index in [1.807, 2.05) is 12.1 Å². The molecule has 0 saturated heterocycles. The number of halogens is 3. The normalized spacial score (nSPS) is 12.7. The molecule has 0 aliphatic heterocycles. The molecule has 1 amide bonds. The first-order valence-corrected chi connectivity index (χ1v) is 10.2. The molecule has 0 aliphatic rings. The number of amides is 1. The third-order valence-electron chi connectivity index (χ3n) is 5.11. The zero-order valence-corrected chi connectivity index (χ0v) is 18.2. The van der Waals surface area contributed by atoms with Crippen molar-refractivity contribution < 1.29 is 18.0 Å². The molecule has 1 aromatic heterocycles. The van der Waals surface area contributed by atoms with E-state index in [1.165, 1.54) is 12.2 Å². The number of aromatic nitrogens is 1. The standard InChI is InChI=1S/C26H25F3N2O/c1-17-11-18(2)13-22(12-17)24(26(27,28)29)9-7-20-6-8-23(19(3)14-20)25(32)31-16-21-5-4-10-30-15-21/h4-15,24H,16H2,1-3H3,(H,31,32)/b9-7+. The Labute approximate surface area is 186 Å². The molecule has 1 unspecified atom stereocenters. The van der Waals surface area contributed by atoms with Crippen molar-refractivity contribution in [2.75, 3.05) is 0 Å². The second kappa shape index (κ2) is 9.81. The summed E-state index contributed by atoms with van der Waals surface area (Å²) in [6.07, 6.45) is 1.56. The Hall–Kier alpha value is -3.41. The summed E-state index contributed by atoms with van der Waals surface area (Å²) in [5.74, 6) is -1.95. The van der Waals surface area contributed by atoms with E-state index in [0.29, 0.717) is 23.2 Å². The summed E-state index contributed by atoms with van der Waals surface area (Å²) in [6.45, 7) is 5.68. The molecule has 1 heterocycles. The smallest absolute Gasteiger partial charge is 0.348 e. The second-order valence-corrected chi connectivity index (χ2v) is 7.92. The first-order chi connectivity index (χ1) is 15.1. The van der Waals surface area contributed by atoms with Gasteiger partial charge >= 0.3 is 6.18 Å². The fourth-order valence-corrected chi connectivity index (χ4v) is 3.63. The van der Waals surface area contributed by atoms with Crippen LogP contribution in [0.3, 0.4) is 0 Å². The van der Waals surface area contributed by atoms with Crippen LogP contribution in [0.1, 0.15) is 49.7 Å². The van der Waals surface area contributed by atoms with Crippen molar-refractivity contribution in [1.82, 2.24) is 10.3 Å². The van der Waals surface area contributed by atoms with Crippen LogP contribution in [0.4, 0.5) is 13.2 Å². The lowest BCUT2D eigenvalue weighted by molar-refractivity contribution is -0.139. The quantitative estimate of drug-likeness (QED) is 0.491. The number of benzene rings is 2. The number of rotatable bonds is 6. The predicted molar refractivity (Wildman–Crippen MR) is 120 cm³/mol. The summed E-state index contributed by atoms with van der Waals surface area (Å²) in [7, 11) is 0. The summed E-state index contributed by atoms with van der Waals surface area (Å²) in [5.41, 5.74) is 4.45. The molecule has 2 aromatic carbocycles. The minimum atomic E-state index is -4.40. The van der Waals surface area contributed by atoms with E-state index < -0.39 is 12.1 Å². The van der Waals surface area contributed by atoms with Crippen LogP contribution in [0.25, 0.3) is 6.08 Å². The molecule has 3 nitrogen and oxygen atoms in total. The van der Waals surface area contributed by atoms with Crippen LogP contribution in [0.5, 0.6) is 0 Å². The molecule has 3 aromatic rings. The van der Waals surface area contributed by atoms with E-state index in [0.717, 1.165) is 16.7 Å². The van der Waals surface area contributed by atoms with Gasteiger partial charge in [0.1, 0.15) is 0 Å². The average molecular weight is 438 g/mol. The molecule has 32 heavy (non-hydrogen) atoms. The summed E-state index contributed by atoms with van der Waals surface area (Å²) >= 11 is 0. The number of allylic oxidation sites excluding steroid dienone is 1. The number of nitrogens with one attached hydrogen (secondary N) is 1. The number of hydrogen-bond donors (Lipinski definition) is 1. The first kappa shape index (κ1) is 23.3. The summed E-state index contributed by atoms with van der Waals surface area (Å²) in [6, 6.07) is 13.6. The van der Waals surface area contributed by atoms with Crippen molar-refractivity contribution in [2.45, 2.75) is 39.4 Å². The molecule has 0 aliphatic carbocycles. The maximum absolute atomic E-state index is 13.7. The van der Waals surface area contributed by atoms with Crippen LogP contribution in [0, 0.1) is 20.8 Å². The van der Waals surface area contributed by atoms with E-state index in [2.05, 4.69) is 10.3 Å². The predicted octanol–water partition coefficient (Wildman–Crippen LogP) is 6.30. The Bertz CT molecular complexity index is 1100. The summed E-state index contributed by atoms with van der Waals surface area (Å²) in [4.78, 5) is 16.5. The molecule has 0 spiro atoms. The highest BCUT2D eigenvalue weighted by Crippen LogP contribution is 2.37. The van der Waals surface area contributed by atoms with Gasteiger partial charge < -0.3 is 5.32 Å². The van der Waals surface area contributed by atoms with E-state index in [4.69, 9.17) is 0 Å². The van der Waals surface area contributed by atoms with Crippen molar-refractivity contribution in [2.24, 2.45) is 0 Å². The topological polar surface area (TPSA) is 42.0 Å². The molecule has 0 fully saturated rings.